The van der Waals surface area contributed by atoms with Gasteiger partial charge in [-0.1, -0.05) is 66.7 Å². The Morgan fingerprint density at radius 3 is 2.36 bits per heavy atom. The average Bonchev–Trinajstić information content (AvgIpc) is 3.11. The number of nitrogens with zero attached hydrogens (tertiary/aromatic N) is 1. The van der Waals surface area contributed by atoms with Gasteiger partial charge in [0.15, 0.2) is 11.5 Å². The lowest BCUT2D eigenvalue weighted by molar-refractivity contribution is 0.133. The molecule has 2 aliphatic rings. The molecule has 2 heterocycles. The fraction of sp³-hybridized carbons (Fsp3) is 0.300. The standard InChI is InChI=1S/C30H31NO2/c1-29(2)19-23-18-25(32-17-11-14-21-12-7-5-8-13-21)28-24(20-30(3,4)33-28)26(23)27(31-29)22-15-9-6-10-16-22/h5-16,18H,17,19-20H2,1-4H3. The largest absolute Gasteiger partial charge is 0.486 e. The molecule has 5 rings (SSSR count). The fourth-order valence-corrected chi connectivity index (χ4v) is 4.87. The van der Waals surface area contributed by atoms with E-state index in [-0.39, 0.29) is 11.1 Å². The minimum atomic E-state index is -0.274. The van der Waals surface area contributed by atoms with Crippen molar-refractivity contribution in [3.63, 3.8) is 0 Å². The van der Waals surface area contributed by atoms with E-state index in [2.05, 4.69) is 88.4 Å². The number of rotatable bonds is 5. The van der Waals surface area contributed by atoms with Crippen LogP contribution in [0.5, 0.6) is 11.5 Å². The Balaban J connectivity index is 1.54. The lowest BCUT2D eigenvalue weighted by Crippen LogP contribution is -2.30. The first kappa shape index (κ1) is 21.5. The Labute approximate surface area is 196 Å². The van der Waals surface area contributed by atoms with Gasteiger partial charge in [0, 0.05) is 23.1 Å². The van der Waals surface area contributed by atoms with E-state index < -0.39 is 0 Å². The predicted octanol–water partition coefficient (Wildman–Crippen LogP) is 6.66. The molecular weight excluding hydrogens is 406 g/mol. The molecule has 3 heteroatoms. The van der Waals surface area contributed by atoms with Crippen LogP contribution < -0.4 is 9.47 Å². The molecule has 0 N–H and O–H groups in total. The minimum absolute atomic E-state index is 0.175. The van der Waals surface area contributed by atoms with Crippen molar-refractivity contribution < 1.29 is 9.47 Å². The van der Waals surface area contributed by atoms with Crippen molar-refractivity contribution in [1.29, 1.82) is 0 Å². The number of ether oxygens (including phenoxy) is 2. The number of fused-ring (bicyclic) bond motifs is 3. The summed E-state index contributed by atoms with van der Waals surface area (Å²) < 4.78 is 12.7. The summed E-state index contributed by atoms with van der Waals surface area (Å²) in [5.74, 6) is 1.70. The second kappa shape index (κ2) is 8.22. The summed E-state index contributed by atoms with van der Waals surface area (Å²) in [6.45, 7) is 9.19. The summed E-state index contributed by atoms with van der Waals surface area (Å²) in [7, 11) is 0. The van der Waals surface area contributed by atoms with Crippen LogP contribution in [0.4, 0.5) is 0 Å². The maximum Gasteiger partial charge on any atom is 0.166 e. The van der Waals surface area contributed by atoms with Crippen LogP contribution >= 0.6 is 0 Å². The van der Waals surface area contributed by atoms with Crippen LogP contribution in [0.3, 0.4) is 0 Å². The normalized spacial score (nSPS) is 17.8. The minimum Gasteiger partial charge on any atom is -0.486 e. The topological polar surface area (TPSA) is 30.8 Å². The quantitative estimate of drug-likeness (QED) is 0.447. The van der Waals surface area contributed by atoms with E-state index in [1.54, 1.807) is 0 Å². The van der Waals surface area contributed by atoms with E-state index in [1.165, 1.54) is 22.3 Å². The smallest absolute Gasteiger partial charge is 0.166 e. The molecule has 0 amide bonds. The highest BCUT2D eigenvalue weighted by Gasteiger charge is 2.39. The summed E-state index contributed by atoms with van der Waals surface area (Å²) in [5.41, 5.74) is 6.67. The second-order valence-electron chi connectivity index (χ2n) is 10.2. The molecule has 0 aliphatic carbocycles. The summed E-state index contributed by atoms with van der Waals surface area (Å²) in [6.07, 6.45) is 5.87. The Hall–Kier alpha value is -3.33. The molecule has 0 saturated carbocycles. The molecule has 168 valence electrons. The first-order chi connectivity index (χ1) is 15.8. The van der Waals surface area contributed by atoms with Crippen molar-refractivity contribution in [2.75, 3.05) is 6.61 Å². The zero-order chi connectivity index (χ0) is 23.1. The molecule has 3 nitrogen and oxygen atoms in total. The van der Waals surface area contributed by atoms with Gasteiger partial charge in [0.1, 0.15) is 12.2 Å². The zero-order valence-corrected chi connectivity index (χ0v) is 19.9. The molecule has 0 saturated heterocycles. The summed E-state index contributed by atoms with van der Waals surface area (Å²) in [4.78, 5) is 5.20. The van der Waals surface area contributed by atoms with Gasteiger partial charge in [-0.3, -0.25) is 4.99 Å². The van der Waals surface area contributed by atoms with Crippen molar-refractivity contribution in [3.05, 3.63) is 101 Å². The van der Waals surface area contributed by atoms with Gasteiger partial charge in [-0.05, 0) is 57.4 Å². The van der Waals surface area contributed by atoms with E-state index in [1.807, 2.05) is 18.2 Å². The lowest BCUT2D eigenvalue weighted by atomic mass is 9.81. The van der Waals surface area contributed by atoms with Crippen LogP contribution in [0.25, 0.3) is 6.08 Å². The molecule has 0 unspecified atom stereocenters. The summed E-state index contributed by atoms with van der Waals surface area (Å²) >= 11 is 0. The van der Waals surface area contributed by atoms with E-state index in [4.69, 9.17) is 14.5 Å². The van der Waals surface area contributed by atoms with Crippen molar-refractivity contribution in [3.8, 4) is 11.5 Å². The van der Waals surface area contributed by atoms with Crippen LogP contribution in [0.15, 0.2) is 77.8 Å². The second-order valence-corrected chi connectivity index (χ2v) is 10.2. The molecule has 2 aliphatic heterocycles. The SMILES string of the molecule is CC1(C)Cc2cc(OCC=Cc3ccccc3)c3c(c2C(c2ccccc2)=N1)CC(C)(C)O3. The maximum atomic E-state index is 6.44. The van der Waals surface area contributed by atoms with Crippen molar-refractivity contribution in [2.24, 2.45) is 4.99 Å². The lowest BCUT2D eigenvalue weighted by Gasteiger charge is -2.31. The number of hydrogen-bond acceptors (Lipinski definition) is 3. The van der Waals surface area contributed by atoms with Gasteiger partial charge in [0.25, 0.3) is 0 Å². The molecule has 0 atom stereocenters. The first-order valence-corrected chi connectivity index (χ1v) is 11.7. The predicted molar refractivity (Wildman–Crippen MR) is 136 cm³/mol. The third-order valence-electron chi connectivity index (χ3n) is 6.17. The van der Waals surface area contributed by atoms with Crippen molar-refractivity contribution >= 4 is 11.8 Å². The van der Waals surface area contributed by atoms with Gasteiger partial charge in [-0.2, -0.15) is 0 Å². The third kappa shape index (κ3) is 4.45. The van der Waals surface area contributed by atoms with Gasteiger partial charge >= 0.3 is 0 Å². The Kier molecular flexibility index (Phi) is 5.36. The van der Waals surface area contributed by atoms with Crippen LogP contribution in [0, 0.1) is 0 Å². The maximum absolute atomic E-state index is 6.44. The molecule has 0 bridgehead atoms. The Morgan fingerprint density at radius 1 is 0.939 bits per heavy atom. The highest BCUT2D eigenvalue weighted by molar-refractivity contribution is 6.16. The van der Waals surface area contributed by atoms with Gasteiger partial charge in [0.05, 0.1) is 11.3 Å². The summed E-state index contributed by atoms with van der Waals surface area (Å²) in [6, 6.07) is 23.0. The van der Waals surface area contributed by atoms with E-state index in [0.29, 0.717) is 6.61 Å². The fourth-order valence-electron chi connectivity index (χ4n) is 4.87. The van der Waals surface area contributed by atoms with Crippen LogP contribution in [-0.2, 0) is 12.8 Å². The van der Waals surface area contributed by atoms with Gasteiger partial charge in [-0.15, -0.1) is 0 Å². The highest BCUT2D eigenvalue weighted by atomic mass is 16.5. The molecule has 33 heavy (non-hydrogen) atoms. The van der Waals surface area contributed by atoms with E-state index in [9.17, 15) is 0 Å². The van der Waals surface area contributed by atoms with Gasteiger partial charge in [0.2, 0.25) is 0 Å². The number of aliphatic imine (C=N–C) groups is 1. The van der Waals surface area contributed by atoms with Gasteiger partial charge < -0.3 is 9.47 Å². The Morgan fingerprint density at radius 2 is 1.64 bits per heavy atom. The summed E-state index contributed by atoms with van der Waals surface area (Å²) in [5, 5.41) is 0. The number of benzene rings is 3. The van der Waals surface area contributed by atoms with Crippen LogP contribution in [-0.4, -0.2) is 23.5 Å². The highest BCUT2D eigenvalue weighted by Crippen LogP contribution is 2.48. The monoisotopic (exact) mass is 437 g/mol. The zero-order valence-electron chi connectivity index (χ0n) is 19.9. The van der Waals surface area contributed by atoms with Crippen LogP contribution in [0.1, 0.15) is 55.5 Å². The third-order valence-corrected chi connectivity index (χ3v) is 6.17. The molecular formula is C30H31NO2. The van der Waals surface area contributed by atoms with Crippen molar-refractivity contribution in [1.82, 2.24) is 0 Å². The van der Waals surface area contributed by atoms with Gasteiger partial charge in [-0.25, -0.2) is 0 Å². The number of hydrogen-bond donors (Lipinski definition) is 0. The molecule has 3 aromatic carbocycles. The first-order valence-electron chi connectivity index (χ1n) is 11.7. The average molecular weight is 438 g/mol. The van der Waals surface area contributed by atoms with Crippen LogP contribution in [0.2, 0.25) is 0 Å². The molecule has 0 radical (unpaired) electrons. The molecule has 3 aromatic rings. The van der Waals surface area contributed by atoms with E-state index in [0.717, 1.165) is 35.6 Å². The Bertz CT molecular complexity index is 1220. The van der Waals surface area contributed by atoms with Crippen molar-refractivity contribution in [2.45, 2.75) is 51.7 Å². The molecule has 0 aromatic heterocycles. The molecule has 0 fully saturated rings. The van der Waals surface area contributed by atoms with E-state index >= 15 is 0 Å². The molecule has 0 spiro atoms.